The number of carbonyl (C=O) groups is 1. The predicted molar refractivity (Wildman–Crippen MR) is 78.9 cm³/mol. The number of hydrogen-bond acceptors (Lipinski definition) is 3. The van der Waals surface area contributed by atoms with Gasteiger partial charge in [0, 0.05) is 6.61 Å². The van der Waals surface area contributed by atoms with Gasteiger partial charge in [-0.2, -0.15) is 0 Å². The van der Waals surface area contributed by atoms with Gasteiger partial charge in [0.25, 0.3) is 0 Å². The lowest BCUT2D eigenvalue weighted by atomic mass is 10.2. The lowest BCUT2D eigenvalue weighted by molar-refractivity contribution is -0.160. The molecule has 19 heavy (non-hydrogen) atoms. The molecule has 3 heteroatoms. The third kappa shape index (κ3) is 11.2. The van der Waals surface area contributed by atoms with E-state index in [1.807, 2.05) is 64.1 Å². The first kappa shape index (κ1) is 17.4. The summed E-state index contributed by atoms with van der Waals surface area (Å²) in [5, 5.41) is 0. The number of carbonyl (C=O) groups excluding carboxylic acids is 1. The van der Waals surface area contributed by atoms with E-state index in [4.69, 9.17) is 9.47 Å². The van der Waals surface area contributed by atoms with Crippen molar-refractivity contribution in [2.45, 2.75) is 33.3 Å². The topological polar surface area (TPSA) is 35.5 Å². The van der Waals surface area contributed by atoms with Crippen LogP contribution < -0.4 is 0 Å². The standard InChI is InChI=1S/C8H16O3.C8H8/c1-5-10-6-7(9)11-8(2,3)4;1-2-8-6-4-3-5-7-8/h5-6H2,1-4H3;2-7H,1H2. The summed E-state index contributed by atoms with van der Waals surface area (Å²) in [5.41, 5.74) is 0.765. The molecule has 0 unspecified atom stereocenters. The van der Waals surface area contributed by atoms with E-state index < -0.39 is 5.60 Å². The van der Waals surface area contributed by atoms with Gasteiger partial charge in [0.1, 0.15) is 12.2 Å². The maximum Gasteiger partial charge on any atom is 0.332 e. The zero-order chi connectivity index (χ0) is 14.7. The zero-order valence-corrected chi connectivity index (χ0v) is 12.3. The summed E-state index contributed by atoms with van der Waals surface area (Å²) in [4.78, 5) is 10.9. The quantitative estimate of drug-likeness (QED) is 0.778. The number of rotatable bonds is 4. The maximum atomic E-state index is 10.9. The van der Waals surface area contributed by atoms with Crippen molar-refractivity contribution in [2.75, 3.05) is 13.2 Å². The van der Waals surface area contributed by atoms with E-state index in [-0.39, 0.29) is 12.6 Å². The van der Waals surface area contributed by atoms with Crippen LogP contribution in [0.3, 0.4) is 0 Å². The summed E-state index contributed by atoms with van der Waals surface area (Å²) in [6.45, 7) is 11.5. The zero-order valence-electron chi connectivity index (χ0n) is 12.3. The molecule has 0 atom stereocenters. The van der Waals surface area contributed by atoms with Crippen LogP contribution in [0.4, 0.5) is 0 Å². The third-order valence-electron chi connectivity index (χ3n) is 1.88. The molecule has 0 saturated heterocycles. The Morgan fingerprint density at radius 1 is 1.26 bits per heavy atom. The van der Waals surface area contributed by atoms with Crippen LogP contribution in [-0.2, 0) is 14.3 Å². The van der Waals surface area contributed by atoms with Gasteiger partial charge in [-0.1, -0.05) is 43.0 Å². The molecule has 1 aromatic rings. The molecule has 0 aliphatic heterocycles. The highest BCUT2D eigenvalue weighted by Crippen LogP contribution is 2.06. The van der Waals surface area contributed by atoms with Crippen molar-refractivity contribution in [3.05, 3.63) is 42.5 Å². The lowest BCUT2D eigenvalue weighted by Crippen LogP contribution is -2.26. The summed E-state index contributed by atoms with van der Waals surface area (Å²) in [6, 6.07) is 10.0. The Morgan fingerprint density at radius 3 is 2.21 bits per heavy atom. The van der Waals surface area contributed by atoms with E-state index in [2.05, 4.69) is 6.58 Å². The first-order valence-electron chi connectivity index (χ1n) is 6.36. The average Bonchev–Trinajstić information content (AvgIpc) is 2.36. The third-order valence-corrected chi connectivity index (χ3v) is 1.88. The van der Waals surface area contributed by atoms with Crippen molar-refractivity contribution in [3.63, 3.8) is 0 Å². The fraction of sp³-hybridized carbons (Fsp3) is 0.438. The van der Waals surface area contributed by atoms with Crippen molar-refractivity contribution in [1.29, 1.82) is 0 Å². The second-order valence-corrected chi connectivity index (χ2v) is 4.84. The van der Waals surface area contributed by atoms with Gasteiger partial charge in [0.15, 0.2) is 0 Å². The lowest BCUT2D eigenvalue weighted by Gasteiger charge is -2.19. The molecule has 3 nitrogen and oxygen atoms in total. The molecule has 0 aliphatic rings. The van der Waals surface area contributed by atoms with Gasteiger partial charge in [-0.3, -0.25) is 0 Å². The highest BCUT2D eigenvalue weighted by atomic mass is 16.6. The molecular formula is C16H24O3. The van der Waals surface area contributed by atoms with Crippen molar-refractivity contribution >= 4 is 12.0 Å². The maximum absolute atomic E-state index is 10.9. The molecular weight excluding hydrogens is 240 g/mol. The minimum absolute atomic E-state index is 0.0494. The summed E-state index contributed by atoms with van der Waals surface area (Å²) in [6.07, 6.45) is 1.83. The Balaban J connectivity index is 0.000000356. The van der Waals surface area contributed by atoms with Crippen molar-refractivity contribution in [1.82, 2.24) is 0 Å². The largest absolute Gasteiger partial charge is 0.458 e. The van der Waals surface area contributed by atoms with Crippen LogP contribution in [0.15, 0.2) is 36.9 Å². The monoisotopic (exact) mass is 264 g/mol. The molecule has 0 bridgehead atoms. The average molecular weight is 264 g/mol. The number of benzene rings is 1. The van der Waals surface area contributed by atoms with E-state index in [0.29, 0.717) is 6.61 Å². The fourth-order valence-corrected chi connectivity index (χ4v) is 1.15. The Labute approximate surface area is 116 Å². The minimum Gasteiger partial charge on any atom is -0.458 e. The highest BCUT2D eigenvalue weighted by molar-refractivity contribution is 5.71. The van der Waals surface area contributed by atoms with Crippen LogP contribution in [0.5, 0.6) is 0 Å². The summed E-state index contributed by atoms with van der Waals surface area (Å²) >= 11 is 0. The molecule has 106 valence electrons. The summed E-state index contributed by atoms with van der Waals surface area (Å²) < 4.78 is 9.84. The normalized spacial score (nSPS) is 10.1. The smallest absolute Gasteiger partial charge is 0.332 e. The fourth-order valence-electron chi connectivity index (χ4n) is 1.15. The Morgan fingerprint density at radius 2 is 1.84 bits per heavy atom. The van der Waals surface area contributed by atoms with E-state index in [1.165, 1.54) is 5.56 Å². The second-order valence-electron chi connectivity index (χ2n) is 4.84. The Hall–Kier alpha value is -1.61. The van der Waals surface area contributed by atoms with Crippen LogP contribution in [0.25, 0.3) is 6.08 Å². The van der Waals surface area contributed by atoms with Gasteiger partial charge >= 0.3 is 5.97 Å². The molecule has 0 saturated carbocycles. The summed E-state index contributed by atoms with van der Waals surface area (Å²) in [5.74, 6) is -0.306. The first-order valence-corrected chi connectivity index (χ1v) is 6.36. The van der Waals surface area contributed by atoms with Gasteiger partial charge < -0.3 is 9.47 Å². The van der Waals surface area contributed by atoms with Crippen molar-refractivity contribution < 1.29 is 14.3 Å². The molecule has 0 radical (unpaired) electrons. The Bertz CT molecular complexity index is 363. The number of hydrogen-bond donors (Lipinski definition) is 0. The minimum atomic E-state index is -0.409. The highest BCUT2D eigenvalue weighted by Gasteiger charge is 2.15. The number of esters is 1. The molecule has 1 aromatic carbocycles. The molecule has 1 rings (SSSR count). The van der Waals surface area contributed by atoms with Crippen LogP contribution in [0.2, 0.25) is 0 Å². The van der Waals surface area contributed by atoms with E-state index in [1.54, 1.807) is 0 Å². The Kier molecular flexibility index (Phi) is 8.55. The van der Waals surface area contributed by atoms with Gasteiger partial charge in [0.05, 0.1) is 0 Å². The van der Waals surface area contributed by atoms with Gasteiger partial charge in [-0.05, 0) is 33.3 Å². The van der Waals surface area contributed by atoms with Crippen LogP contribution in [0.1, 0.15) is 33.3 Å². The van der Waals surface area contributed by atoms with Gasteiger partial charge in [-0.15, -0.1) is 0 Å². The van der Waals surface area contributed by atoms with Crippen LogP contribution >= 0.6 is 0 Å². The van der Waals surface area contributed by atoms with Gasteiger partial charge in [-0.25, -0.2) is 4.79 Å². The van der Waals surface area contributed by atoms with E-state index in [9.17, 15) is 4.79 Å². The second kappa shape index (κ2) is 9.34. The molecule has 0 aliphatic carbocycles. The van der Waals surface area contributed by atoms with Crippen LogP contribution in [0, 0.1) is 0 Å². The SMILES string of the molecule is C=Cc1ccccc1.CCOCC(=O)OC(C)(C)C. The summed E-state index contributed by atoms with van der Waals surface area (Å²) in [7, 11) is 0. The van der Waals surface area contributed by atoms with Crippen LogP contribution in [-0.4, -0.2) is 24.8 Å². The van der Waals surface area contributed by atoms with Crippen molar-refractivity contribution in [3.8, 4) is 0 Å². The van der Waals surface area contributed by atoms with E-state index >= 15 is 0 Å². The van der Waals surface area contributed by atoms with E-state index in [0.717, 1.165) is 0 Å². The molecule has 0 aromatic heterocycles. The predicted octanol–water partition coefficient (Wildman–Crippen LogP) is 3.69. The molecule has 0 fully saturated rings. The van der Waals surface area contributed by atoms with Gasteiger partial charge in [0.2, 0.25) is 0 Å². The van der Waals surface area contributed by atoms with Crippen molar-refractivity contribution in [2.24, 2.45) is 0 Å². The molecule has 0 N–H and O–H groups in total. The first-order chi connectivity index (χ1) is 8.89. The molecule has 0 heterocycles. The molecule has 0 spiro atoms. The number of ether oxygens (including phenoxy) is 2. The molecule has 0 amide bonds.